The third-order valence-electron chi connectivity index (χ3n) is 1.61. The Balaban J connectivity index is -0.0000000309. The Kier molecular flexibility index (Phi) is 77.3. The van der Waals surface area contributed by atoms with E-state index >= 15 is 0 Å². The summed E-state index contributed by atoms with van der Waals surface area (Å²) in [7, 11) is -4.89. The first-order valence-corrected chi connectivity index (χ1v) is 11.1. The maximum atomic E-state index is 10.1. The summed E-state index contributed by atoms with van der Waals surface area (Å²) < 4.78 is 34.4. The van der Waals surface area contributed by atoms with E-state index in [1.54, 1.807) is 0 Å². The second-order valence-electron chi connectivity index (χ2n) is 4.87. The minimum atomic E-state index is -4.89. The van der Waals surface area contributed by atoms with Crippen molar-refractivity contribution in [2.24, 2.45) is 0 Å². The summed E-state index contributed by atoms with van der Waals surface area (Å²) in [5, 5.41) is 80.3. The number of carbonyl (C=O) groups is 6. The van der Waals surface area contributed by atoms with Gasteiger partial charge in [0.2, 0.25) is 0 Å². The number of rotatable bonds is 6. The Morgan fingerprint density at radius 3 is 1.02 bits per heavy atom. The van der Waals surface area contributed by atoms with Crippen LogP contribution < -0.4 is 73.5 Å². The van der Waals surface area contributed by atoms with Gasteiger partial charge >= 0.3 is 158 Å². The van der Waals surface area contributed by atoms with Crippen LogP contribution in [-0.4, -0.2) is 125 Å². The van der Waals surface area contributed by atoms with Crippen molar-refractivity contribution in [1.82, 2.24) is 0 Å². The maximum Gasteiger partial charge on any atom is 2.00 e. The number of phosphoric acid groups is 1. The molecule has 0 rings (SSSR count). The second-order valence-corrected chi connectivity index (χ2v) is 6.70. The van der Waals surface area contributed by atoms with Crippen molar-refractivity contribution in [3.8, 4) is 0 Å². The van der Waals surface area contributed by atoms with E-state index in [0.717, 1.165) is 6.92 Å². The molecule has 0 fully saturated rings. The molecule has 0 radical (unpaired) electrons. The van der Waals surface area contributed by atoms with Gasteiger partial charge in [0.15, 0.2) is 0 Å². The molecule has 0 saturated heterocycles. The standard InChI is InChI=1S/C6H8O7.C3H6O3.C2H4O2.CH2O3.Ca.Na.H3O4P.H2O3Se.3Zn/c7-3(8)1-6(13,5(11)12)2-4(9)10;1-2(4)3(5)6;1-2(3)4;2-1(3)4;;;1-5(2,3)4;1-4(2)3;;;/h13H,1-2H2,(H,7,8)(H,9,10)(H,11,12);2,4H,1H3,(H,5,6);1H3,(H,3,4);(H2,2,3,4);;;(H3,1,2,3,4);(H2,1,2,3);;;/q;;;;+2;+1;;;3*+2/p-9. The van der Waals surface area contributed by atoms with Crippen LogP contribution in [0.1, 0.15) is 26.7 Å². The molecule has 29 heteroatoms. The molecule has 0 saturated carbocycles. The minimum Gasteiger partial charge on any atom is 1.00 e. The molecule has 216 valence electrons. The van der Waals surface area contributed by atoms with Crippen LogP contribution in [0.4, 0.5) is 4.79 Å². The Morgan fingerprint density at radius 1 is 0.854 bits per heavy atom. The number of hydrogen-bond donors (Lipinski definition) is 5. The van der Waals surface area contributed by atoms with Gasteiger partial charge in [-0.1, -0.05) is 0 Å². The predicted molar refractivity (Wildman–Crippen MR) is 88.8 cm³/mol. The average Bonchev–Trinajstić information content (AvgIpc) is 2.50. The van der Waals surface area contributed by atoms with Crippen LogP contribution in [0.2, 0.25) is 0 Å². The van der Waals surface area contributed by atoms with Crippen LogP contribution in [-0.2, 0) is 90.8 Å². The first-order valence-electron chi connectivity index (χ1n) is 7.45. The number of hydrogen-bond acceptors (Lipinski definition) is 19. The Labute approximate surface area is 324 Å². The molecule has 5 N–H and O–H groups in total. The van der Waals surface area contributed by atoms with Crippen molar-refractivity contribution in [2.45, 2.75) is 38.4 Å². The van der Waals surface area contributed by atoms with Gasteiger partial charge in [0, 0.05) is 30.7 Å². The van der Waals surface area contributed by atoms with Crippen LogP contribution in [0.5, 0.6) is 0 Å². The molecule has 0 aromatic rings. The molecule has 0 amide bonds. The van der Waals surface area contributed by atoms with Crippen molar-refractivity contribution in [1.29, 1.82) is 0 Å². The van der Waals surface area contributed by atoms with Gasteiger partial charge in [-0.3, -0.25) is 4.57 Å². The smallest absolute Gasteiger partial charge is 1.00 e. The summed E-state index contributed by atoms with van der Waals surface area (Å²) in [5.74, 6) is -8.25. The quantitative estimate of drug-likeness (QED) is 0.122. The van der Waals surface area contributed by atoms with Gasteiger partial charge in [-0.2, -0.15) is 0 Å². The van der Waals surface area contributed by atoms with Crippen molar-refractivity contribution < 1.29 is 194 Å². The van der Waals surface area contributed by atoms with E-state index in [2.05, 4.69) is 0 Å². The third kappa shape index (κ3) is 141. The molecule has 0 aliphatic rings. The van der Waals surface area contributed by atoms with Gasteiger partial charge < -0.3 is 84.6 Å². The van der Waals surface area contributed by atoms with E-state index in [9.17, 15) is 34.5 Å². The Hall–Kier alpha value is 1.02. The number of carboxylic acids is 5. The number of aliphatic hydroxyl groups excluding tert-OH is 1. The molecule has 41 heavy (non-hydrogen) atoms. The van der Waals surface area contributed by atoms with Crippen LogP contribution >= 0.6 is 7.82 Å². The Bertz CT molecular complexity index is 718. The summed E-state index contributed by atoms with van der Waals surface area (Å²) in [5.41, 5.74) is -2.97. The van der Waals surface area contributed by atoms with Crippen LogP contribution in [0.15, 0.2) is 0 Å². The van der Waals surface area contributed by atoms with Gasteiger partial charge in [0.05, 0.1) is 5.97 Å². The predicted octanol–water partition coefficient (Wildman–Crippen LogP) is -17.3. The molecular weight excluding hydrogens is 865 g/mol. The minimum absolute atomic E-state index is 0. The number of aliphatic hydroxyl groups is 2. The molecule has 0 aromatic carbocycles. The summed E-state index contributed by atoms with van der Waals surface area (Å²) >= 11 is -3.79. The molecule has 22 nitrogen and oxygen atoms in total. The summed E-state index contributed by atoms with van der Waals surface area (Å²) in [6, 6.07) is 0. The zero-order chi connectivity index (χ0) is 31.0. The molecule has 0 aromatic heterocycles. The summed E-state index contributed by atoms with van der Waals surface area (Å²) in [6.45, 7) is 2.17. The topological polar surface area (TPSA) is 445 Å². The fourth-order valence-corrected chi connectivity index (χ4v) is 0.684. The van der Waals surface area contributed by atoms with Crippen molar-refractivity contribution in [3.63, 3.8) is 0 Å². The molecule has 0 heterocycles. The molecule has 0 aliphatic carbocycles. The van der Waals surface area contributed by atoms with E-state index < -0.39 is 82.9 Å². The normalized spacial score (nSPS) is 8.93. The zero-order valence-electron chi connectivity index (χ0n) is 21.4. The fourth-order valence-electron chi connectivity index (χ4n) is 0.684. The van der Waals surface area contributed by atoms with Crippen LogP contribution in [0.25, 0.3) is 0 Å². The number of aliphatic carboxylic acids is 5. The van der Waals surface area contributed by atoms with Crippen LogP contribution in [0.3, 0.4) is 0 Å². The van der Waals surface area contributed by atoms with Gasteiger partial charge in [-0.05, 0) is 20.0 Å². The first kappa shape index (κ1) is 73.5. The molecule has 1 atom stereocenters. The molecular formula is C12H16CaNaO22PSeZn3. The van der Waals surface area contributed by atoms with Crippen molar-refractivity contribution in [2.75, 3.05) is 0 Å². The van der Waals surface area contributed by atoms with E-state index in [4.69, 9.17) is 71.7 Å². The van der Waals surface area contributed by atoms with Gasteiger partial charge in [0.1, 0.15) is 11.7 Å². The maximum absolute atomic E-state index is 10.1. The van der Waals surface area contributed by atoms with E-state index in [0.29, 0.717) is 0 Å². The van der Waals surface area contributed by atoms with Crippen LogP contribution in [0, 0.1) is 0 Å². The summed E-state index contributed by atoms with van der Waals surface area (Å²) in [6.07, 6.45) is -6.28. The summed E-state index contributed by atoms with van der Waals surface area (Å²) in [4.78, 5) is 79.6. The van der Waals surface area contributed by atoms with Crippen molar-refractivity contribution in [3.05, 3.63) is 0 Å². The zero-order valence-corrected chi connectivity index (χ0v) is 37.1. The molecule has 0 spiro atoms. The number of carbonyl (C=O) groups excluding carboxylic acids is 5. The fraction of sp³-hybridized carbons (Fsp3) is 0.500. The average molecular weight is 881 g/mol. The SMILES string of the molecule is CC(=O)[O-].CC(O)C(=O)O.O=C([O-])CC(O)(CC(=O)[O-])C(=O)[O-].O=C([O-])[O-].O=P([O-])(O)O.O=[Se]([O-])[O-].[Ca+2].[Na+].[Zn+2].[Zn+2].[Zn+2]. The van der Waals surface area contributed by atoms with Gasteiger partial charge in [-0.25, -0.2) is 4.79 Å². The molecule has 1 unspecified atom stereocenters. The largest absolute Gasteiger partial charge is 2.00 e. The van der Waals surface area contributed by atoms with E-state index in [-0.39, 0.29) is 126 Å². The molecule has 0 bridgehead atoms. The van der Waals surface area contributed by atoms with E-state index in [1.165, 1.54) is 6.92 Å². The monoisotopic (exact) mass is 878 g/mol. The van der Waals surface area contributed by atoms with E-state index in [1.807, 2.05) is 0 Å². The molecule has 0 aliphatic heterocycles. The Morgan fingerprint density at radius 2 is 0.976 bits per heavy atom. The van der Waals surface area contributed by atoms with Gasteiger partial charge in [0.25, 0.3) is 7.82 Å². The van der Waals surface area contributed by atoms with Gasteiger partial charge in [-0.15, -0.1) is 0 Å². The third-order valence-corrected chi connectivity index (χ3v) is 1.61. The van der Waals surface area contributed by atoms with Crippen molar-refractivity contribution >= 4 is 96.1 Å². The second kappa shape index (κ2) is 43.1. The first-order chi connectivity index (χ1) is 15.6. The number of carboxylic acid groups (broad SMARTS) is 7.